The first-order valence-electron chi connectivity index (χ1n) is 7.13. The summed E-state index contributed by atoms with van der Waals surface area (Å²) < 4.78 is 13.2. The zero-order valence-corrected chi connectivity index (χ0v) is 12.5. The molecule has 1 heterocycles. The van der Waals surface area contributed by atoms with E-state index in [0.717, 1.165) is 18.8 Å². The third kappa shape index (κ3) is 3.95. The number of benzene rings is 1. The van der Waals surface area contributed by atoms with Gasteiger partial charge in [-0.25, -0.2) is 4.39 Å². The number of rotatable bonds is 2. The van der Waals surface area contributed by atoms with Crippen molar-refractivity contribution in [1.82, 2.24) is 4.90 Å². The van der Waals surface area contributed by atoms with Crippen molar-refractivity contribution in [3.05, 3.63) is 30.1 Å². The van der Waals surface area contributed by atoms with Gasteiger partial charge in [0.05, 0.1) is 0 Å². The van der Waals surface area contributed by atoms with Crippen LogP contribution in [-0.4, -0.2) is 37.0 Å². The third-order valence-corrected chi connectivity index (χ3v) is 3.49. The maximum atomic E-state index is 13.2. The van der Waals surface area contributed by atoms with Crippen LogP contribution in [-0.2, 0) is 4.79 Å². The Morgan fingerprint density at radius 2 is 1.85 bits per heavy atom. The lowest BCUT2D eigenvalue weighted by Gasteiger charge is -2.37. The molecule has 0 N–H and O–H groups in total. The van der Waals surface area contributed by atoms with Crippen LogP contribution in [0.3, 0.4) is 0 Å². The predicted octanol–water partition coefficient (Wildman–Crippen LogP) is 2.91. The van der Waals surface area contributed by atoms with Gasteiger partial charge in [-0.15, -0.1) is 0 Å². The minimum Gasteiger partial charge on any atom is -0.368 e. The molecule has 20 heavy (non-hydrogen) atoms. The fourth-order valence-electron chi connectivity index (χ4n) is 2.45. The standard InChI is InChI=1S/C16H23FN2O/c1-16(2,3)12-15(20)19-9-7-18(8-10-19)14-6-4-5-13(17)11-14/h4-6,11H,7-10,12H2,1-3H3. The highest BCUT2D eigenvalue weighted by molar-refractivity contribution is 5.77. The lowest BCUT2D eigenvalue weighted by molar-refractivity contribution is -0.133. The Morgan fingerprint density at radius 1 is 1.20 bits per heavy atom. The van der Waals surface area contributed by atoms with Crippen LogP contribution in [0, 0.1) is 11.2 Å². The Bertz CT molecular complexity index is 474. The molecule has 1 aliphatic heterocycles. The smallest absolute Gasteiger partial charge is 0.223 e. The van der Waals surface area contributed by atoms with Crippen molar-refractivity contribution in [3.8, 4) is 0 Å². The van der Waals surface area contributed by atoms with Gasteiger partial charge in [0.2, 0.25) is 5.91 Å². The molecule has 1 aliphatic rings. The molecule has 0 aliphatic carbocycles. The maximum Gasteiger partial charge on any atom is 0.223 e. The van der Waals surface area contributed by atoms with E-state index in [1.807, 2.05) is 11.0 Å². The number of anilines is 1. The summed E-state index contributed by atoms with van der Waals surface area (Å²) in [4.78, 5) is 16.2. The van der Waals surface area contributed by atoms with Gasteiger partial charge in [-0.1, -0.05) is 26.8 Å². The average molecular weight is 278 g/mol. The molecular weight excluding hydrogens is 255 g/mol. The van der Waals surface area contributed by atoms with Crippen molar-refractivity contribution in [1.29, 1.82) is 0 Å². The first-order chi connectivity index (χ1) is 9.35. The van der Waals surface area contributed by atoms with Gasteiger partial charge in [0.15, 0.2) is 0 Å². The average Bonchev–Trinajstić information content (AvgIpc) is 2.37. The Morgan fingerprint density at radius 3 is 2.40 bits per heavy atom. The van der Waals surface area contributed by atoms with E-state index in [-0.39, 0.29) is 17.1 Å². The van der Waals surface area contributed by atoms with E-state index in [1.165, 1.54) is 6.07 Å². The summed E-state index contributed by atoms with van der Waals surface area (Å²) in [7, 11) is 0. The summed E-state index contributed by atoms with van der Waals surface area (Å²) in [6.45, 7) is 9.19. The molecule has 4 heteroatoms. The van der Waals surface area contributed by atoms with Gasteiger partial charge >= 0.3 is 0 Å². The van der Waals surface area contributed by atoms with Crippen LogP contribution in [0.15, 0.2) is 24.3 Å². The van der Waals surface area contributed by atoms with Crippen molar-refractivity contribution in [2.45, 2.75) is 27.2 Å². The summed E-state index contributed by atoms with van der Waals surface area (Å²) in [5.41, 5.74) is 0.921. The number of halogens is 1. The fraction of sp³-hybridized carbons (Fsp3) is 0.562. The molecule has 0 spiro atoms. The first kappa shape index (κ1) is 14.8. The number of amides is 1. The van der Waals surface area contributed by atoms with Gasteiger partial charge < -0.3 is 9.80 Å². The Balaban J connectivity index is 1.91. The van der Waals surface area contributed by atoms with E-state index in [4.69, 9.17) is 0 Å². The summed E-state index contributed by atoms with van der Waals surface area (Å²) >= 11 is 0. The minimum absolute atomic E-state index is 0.0246. The molecule has 0 unspecified atom stereocenters. The molecular formula is C16H23FN2O. The molecule has 110 valence electrons. The molecule has 0 aromatic heterocycles. The van der Waals surface area contributed by atoms with Crippen molar-refractivity contribution < 1.29 is 9.18 Å². The SMILES string of the molecule is CC(C)(C)CC(=O)N1CCN(c2cccc(F)c2)CC1. The molecule has 2 rings (SSSR count). The van der Waals surface area contributed by atoms with Gasteiger partial charge in [-0.3, -0.25) is 4.79 Å². The highest BCUT2D eigenvalue weighted by atomic mass is 19.1. The first-order valence-corrected chi connectivity index (χ1v) is 7.13. The lowest BCUT2D eigenvalue weighted by Crippen LogP contribution is -2.49. The highest BCUT2D eigenvalue weighted by Gasteiger charge is 2.24. The van der Waals surface area contributed by atoms with Crippen LogP contribution in [0.4, 0.5) is 10.1 Å². The van der Waals surface area contributed by atoms with Gasteiger partial charge in [-0.05, 0) is 23.6 Å². The summed E-state index contributed by atoms with van der Waals surface area (Å²) in [5, 5.41) is 0. The van der Waals surface area contributed by atoms with Gasteiger partial charge in [0.25, 0.3) is 0 Å². The normalized spacial score (nSPS) is 16.4. The molecule has 3 nitrogen and oxygen atoms in total. The summed E-state index contributed by atoms with van der Waals surface area (Å²) in [6, 6.07) is 6.64. The molecule has 1 amide bonds. The van der Waals surface area contributed by atoms with Crippen molar-refractivity contribution in [2.75, 3.05) is 31.1 Å². The van der Waals surface area contributed by atoms with Crippen LogP contribution in [0.25, 0.3) is 0 Å². The topological polar surface area (TPSA) is 23.6 Å². The number of hydrogen-bond donors (Lipinski definition) is 0. The Kier molecular flexibility index (Phi) is 4.31. The van der Waals surface area contributed by atoms with E-state index in [2.05, 4.69) is 25.7 Å². The van der Waals surface area contributed by atoms with Crippen molar-refractivity contribution in [2.24, 2.45) is 5.41 Å². The molecule has 0 radical (unpaired) electrons. The van der Waals surface area contributed by atoms with Crippen molar-refractivity contribution >= 4 is 11.6 Å². The maximum absolute atomic E-state index is 13.2. The summed E-state index contributed by atoms with van der Waals surface area (Å²) in [5.74, 6) is 0.00475. The van der Waals surface area contributed by atoms with E-state index >= 15 is 0 Å². The van der Waals surface area contributed by atoms with Gasteiger partial charge in [0.1, 0.15) is 5.82 Å². The number of nitrogens with zero attached hydrogens (tertiary/aromatic N) is 2. The third-order valence-electron chi connectivity index (χ3n) is 3.49. The largest absolute Gasteiger partial charge is 0.368 e. The molecule has 1 aromatic rings. The van der Waals surface area contributed by atoms with Crippen LogP contribution in [0.1, 0.15) is 27.2 Å². The van der Waals surface area contributed by atoms with E-state index in [9.17, 15) is 9.18 Å². The van der Waals surface area contributed by atoms with Gasteiger partial charge in [0, 0.05) is 38.3 Å². The number of piperazine rings is 1. The Labute approximate surface area is 120 Å². The van der Waals surface area contributed by atoms with Crippen LogP contribution >= 0.6 is 0 Å². The van der Waals surface area contributed by atoms with Crippen LogP contribution in [0.2, 0.25) is 0 Å². The quantitative estimate of drug-likeness (QED) is 0.830. The highest BCUT2D eigenvalue weighted by Crippen LogP contribution is 2.22. The number of carbonyl (C=O) groups excluding carboxylic acids is 1. The minimum atomic E-state index is -0.214. The van der Waals surface area contributed by atoms with E-state index < -0.39 is 0 Å². The zero-order valence-electron chi connectivity index (χ0n) is 12.5. The van der Waals surface area contributed by atoms with Crippen LogP contribution in [0.5, 0.6) is 0 Å². The van der Waals surface area contributed by atoms with Crippen molar-refractivity contribution in [3.63, 3.8) is 0 Å². The summed E-state index contributed by atoms with van der Waals surface area (Å²) in [6.07, 6.45) is 0.576. The van der Waals surface area contributed by atoms with Crippen LogP contribution < -0.4 is 4.90 Å². The Hall–Kier alpha value is -1.58. The molecule has 1 fully saturated rings. The second-order valence-corrected chi connectivity index (χ2v) is 6.59. The molecule has 1 saturated heterocycles. The lowest BCUT2D eigenvalue weighted by atomic mass is 9.91. The molecule has 1 aromatic carbocycles. The molecule has 0 saturated carbocycles. The van der Waals surface area contributed by atoms with Gasteiger partial charge in [-0.2, -0.15) is 0 Å². The second-order valence-electron chi connectivity index (χ2n) is 6.59. The zero-order chi connectivity index (χ0) is 14.8. The molecule has 0 atom stereocenters. The number of hydrogen-bond acceptors (Lipinski definition) is 2. The molecule has 0 bridgehead atoms. The predicted molar refractivity (Wildman–Crippen MR) is 79.3 cm³/mol. The monoisotopic (exact) mass is 278 g/mol. The van der Waals surface area contributed by atoms with E-state index in [1.54, 1.807) is 12.1 Å². The fourth-order valence-corrected chi connectivity index (χ4v) is 2.45. The number of carbonyl (C=O) groups is 1. The van der Waals surface area contributed by atoms with E-state index in [0.29, 0.717) is 19.5 Å². The second kappa shape index (κ2) is 5.81.